The number of aromatic nitrogens is 2. The van der Waals surface area contributed by atoms with E-state index in [0.717, 1.165) is 21.4 Å². The smallest absolute Gasteiger partial charge is 0.131 e. The molecule has 6 heteroatoms. The molecule has 0 saturated heterocycles. The Bertz CT molecular complexity index is 599. The maximum atomic E-state index is 13.4. The summed E-state index contributed by atoms with van der Waals surface area (Å²) >= 11 is 6.78. The van der Waals surface area contributed by atoms with Gasteiger partial charge in [0.2, 0.25) is 0 Å². The van der Waals surface area contributed by atoms with Crippen LogP contribution in [0.5, 0.6) is 5.75 Å². The quantitative estimate of drug-likeness (QED) is 0.733. The van der Waals surface area contributed by atoms with Gasteiger partial charge in [-0.25, -0.2) is 4.39 Å². The lowest BCUT2D eigenvalue weighted by Gasteiger charge is -2.08. The zero-order valence-electron chi connectivity index (χ0n) is 10.6. The third kappa shape index (κ3) is 3.36. The van der Waals surface area contributed by atoms with E-state index in [0.29, 0.717) is 17.7 Å². The highest BCUT2D eigenvalue weighted by molar-refractivity contribution is 9.10. The highest BCUT2D eigenvalue weighted by Gasteiger charge is 2.11. The Labute approximate surface area is 128 Å². The molecule has 0 atom stereocenters. The molecule has 0 unspecified atom stereocenters. The molecule has 0 aliphatic heterocycles. The molecule has 0 radical (unpaired) electrons. The Morgan fingerprint density at radius 2 is 2.11 bits per heavy atom. The second kappa shape index (κ2) is 6.05. The number of hydrogen-bond acceptors (Lipinski definition) is 2. The standard InChI is InChI=1S/C13H13Br2FN2O/c1-8-13(15)12(18(2)17-8)7-19-11-4-9(6-14)3-10(16)5-11/h3-5H,6-7H2,1-2H3. The lowest BCUT2D eigenvalue weighted by Crippen LogP contribution is -2.04. The van der Waals surface area contributed by atoms with Crippen LogP contribution in [0.15, 0.2) is 22.7 Å². The summed E-state index contributed by atoms with van der Waals surface area (Å²) in [5.41, 5.74) is 2.67. The lowest BCUT2D eigenvalue weighted by atomic mass is 10.2. The van der Waals surface area contributed by atoms with Crippen LogP contribution in [0, 0.1) is 12.7 Å². The van der Waals surface area contributed by atoms with E-state index < -0.39 is 0 Å². The molecule has 0 aliphatic carbocycles. The monoisotopic (exact) mass is 390 g/mol. The zero-order valence-corrected chi connectivity index (χ0v) is 13.8. The SMILES string of the molecule is Cc1nn(C)c(COc2cc(F)cc(CBr)c2)c1Br. The van der Waals surface area contributed by atoms with E-state index in [1.807, 2.05) is 20.0 Å². The van der Waals surface area contributed by atoms with Crippen LogP contribution in [0.1, 0.15) is 17.0 Å². The van der Waals surface area contributed by atoms with Gasteiger partial charge in [0.25, 0.3) is 0 Å². The van der Waals surface area contributed by atoms with Crippen LogP contribution in [-0.4, -0.2) is 9.78 Å². The first-order valence-corrected chi connectivity index (χ1v) is 7.59. The van der Waals surface area contributed by atoms with Crippen molar-refractivity contribution in [3.05, 3.63) is 45.4 Å². The van der Waals surface area contributed by atoms with E-state index in [4.69, 9.17) is 4.74 Å². The maximum absolute atomic E-state index is 13.4. The predicted octanol–water partition coefficient (Wildman–Crippen LogP) is 4.10. The largest absolute Gasteiger partial charge is 0.487 e. The van der Waals surface area contributed by atoms with E-state index in [9.17, 15) is 4.39 Å². The maximum Gasteiger partial charge on any atom is 0.131 e. The third-order valence-corrected chi connectivity index (χ3v) is 4.40. The first-order valence-electron chi connectivity index (χ1n) is 5.67. The minimum absolute atomic E-state index is 0.299. The first-order chi connectivity index (χ1) is 9.01. The molecule has 0 aliphatic rings. The molecule has 0 N–H and O–H groups in total. The van der Waals surface area contributed by atoms with E-state index in [1.54, 1.807) is 4.68 Å². The van der Waals surface area contributed by atoms with Crippen molar-refractivity contribution in [2.45, 2.75) is 18.9 Å². The van der Waals surface area contributed by atoms with Crippen molar-refractivity contribution in [2.24, 2.45) is 7.05 Å². The predicted molar refractivity (Wildman–Crippen MR) is 79.0 cm³/mol. The summed E-state index contributed by atoms with van der Waals surface area (Å²) in [6.07, 6.45) is 0. The molecule has 0 fully saturated rings. The van der Waals surface area contributed by atoms with E-state index in [2.05, 4.69) is 37.0 Å². The number of nitrogens with zero attached hydrogens (tertiary/aromatic N) is 2. The van der Waals surface area contributed by atoms with Gasteiger partial charge in [-0.1, -0.05) is 15.9 Å². The number of alkyl halides is 1. The van der Waals surface area contributed by atoms with Gasteiger partial charge >= 0.3 is 0 Å². The Balaban J connectivity index is 2.16. The van der Waals surface area contributed by atoms with Gasteiger partial charge in [0.05, 0.1) is 15.9 Å². The summed E-state index contributed by atoms with van der Waals surface area (Å²) < 4.78 is 21.7. The first kappa shape index (κ1) is 14.5. The number of benzene rings is 1. The molecule has 1 aromatic heterocycles. The van der Waals surface area contributed by atoms with Gasteiger partial charge in [-0.2, -0.15) is 5.10 Å². The average molecular weight is 392 g/mol. The lowest BCUT2D eigenvalue weighted by molar-refractivity contribution is 0.292. The van der Waals surface area contributed by atoms with Crippen molar-refractivity contribution in [2.75, 3.05) is 0 Å². The second-order valence-corrected chi connectivity index (χ2v) is 5.54. The van der Waals surface area contributed by atoms with Crippen molar-refractivity contribution in [1.82, 2.24) is 9.78 Å². The molecule has 1 heterocycles. The summed E-state index contributed by atoms with van der Waals surface area (Å²) in [5.74, 6) is 0.215. The van der Waals surface area contributed by atoms with Gasteiger partial charge in [0.15, 0.2) is 0 Å². The van der Waals surface area contributed by atoms with Crippen LogP contribution >= 0.6 is 31.9 Å². The second-order valence-electron chi connectivity index (χ2n) is 4.19. The van der Waals surface area contributed by atoms with Crippen LogP contribution < -0.4 is 4.74 Å². The van der Waals surface area contributed by atoms with E-state index in [1.165, 1.54) is 12.1 Å². The highest BCUT2D eigenvalue weighted by Crippen LogP contribution is 2.23. The fourth-order valence-corrected chi connectivity index (χ4v) is 2.54. The fourth-order valence-electron chi connectivity index (χ4n) is 1.77. The molecular formula is C13H13Br2FN2O. The van der Waals surface area contributed by atoms with Crippen LogP contribution in [0.3, 0.4) is 0 Å². The summed E-state index contributed by atoms with van der Waals surface area (Å²) in [4.78, 5) is 0. The molecule has 2 aromatic rings. The molecule has 102 valence electrons. The molecule has 0 amide bonds. The normalized spacial score (nSPS) is 10.8. The minimum atomic E-state index is -0.299. The molecule has 2 rings (SSSR count). The molecule has 0 spiro atoms. The number of hydrogen-bond donors (Lipinski definition) is 0. The van der Waals surface area contributed by atoms with Gasteiger partial charge in [0.1, 0.15) is 18.2 Å². The molecule has 3 nitrogen and oxygen atoms in total. The number of halogens is 3. The summed E-state index contributed by atoms with van der Waals surface area (Å²) in [6, 6.07) is 4.67. The van der Waals surface area contributed by atoms with Gasteiger partial charge in [-0.15, -0.1) is 0 Å². The van der Waals surface area contributed by atoms with Gasteiger partial charge in [-0.3, -0.25) is 4.68 Å². The summed E-state index contributed by atoms with van der Waals surface area (Å²) in [5, 5.41) is 4.88. The van der Waals surface area contributed by atoms with Gasteiger partial charge in [-0.05, 0) is 40.5 Å². The number of rotatable bonds is 4. The highest BCUT2D eigenvalue weighted by atomic mass is 79.9. The summed E-state index contributed by atoms with van der Waals surface area (Å²) in [7, 11) is 1.85. The molecule has 1 aromatic carbocycles. The Morgan fingerprint density at radius 1 is 1.37 bits per heavy atom. The Kier molecular flexibility index (Phi) is 4.62. The topological polar surface area (TPSA) is 27.1 Å². The van der Waals surface area contributed by atoms with Crippen LogP contribution in [0.25, 0.3) is 0 Å². The van der Waals surface area contributed by atoms with Crippen LogP contribution in [0.2, 0.25) is 0 Å². The van der Waals surface area contributed by atoms with E-state index >= 15 is 0 Å². The Hall–Kier alpha value is -0.880. The van der Waals surface area contributed by atoms with Crippen molar-refractivity contribution in [3.63, 3.8) is 0 Å². The molecule has 19 heavy (non-hydrogen) atoms. The van der Waals surface area contributed by atoms with Gasteiger partial charge < -0.3 is 4.74 Å². The van der Waals surface area contributed by atoms with E-state index in [-0.39, 0.29) is 5.82 Å². The molecular weight excluding hydrogens is 379 g/mol. The minimum Gasteiger partial charge on any atom is -0.487 e. The third-order valence-electron chi connectivity index (χ3n) is 2.72. The number of ether oxygens (including phenoxy) is 1. The van der Waals surface area contributed by atoms with Crippen LogP contribution in [0.4, 0.5) is 4.39 Å². The average Bonchev–Trinajstić information content (AvgIpc) is 2.60. The number of aryl methyl sites for hydroxylation is 2. The molecule has 0 bridgehead atoms. The zero-order chi connectivity index (χ0) is 14.0. The van der Waals surface area contributed by atoms with Crippen molar-refractivity contribution in [1.29, 1.82) is 0 Å². The van der Waals surface area contributed by atoms with Crippen LogP contribution in [-0.2, 0) is 19.0 Å². The molecule has 0 saturated carbocycles. The summed E-state index contributed by atoms with van der Waals surface area (Å²) in [6.45, 7) is 2.25. The van der Waals surface area contributed by atoms with Crippen molar-refractivity contribution < 1.29 is 9.13 Å². The van der Waals surface area contributed by atoms with Crippen molar-refractivity contribution in [3.8, 4) is 5.75 Å². The van der Waals surface area contributed by atoms with Gasteiger partial charge in [0, 0.05) is 18.4 Å². The van der Waals surface area contributed by atoms with Crippen molar-refractivity contribution >= 4 is 31.9 Å². The Morgan fingerprint density at radius 3 is 2.68 bits per heavy atom. The fraction of sp³-hybridized carbons (Fsp3) is 0.308.